The lowest BCUT2D eigenvalue weighted by Crippen LogP contribution is -2.18. The number of carbonyl (C=O) groups is 1. The van der Waals surface area contributed by atoms with Crippen LogP contribution >= 0.6 is 11.6 Å². The third-order valence-electron chi connectivity index (χ3n) is 2.67. The summed E-state index contributed by atoms with van der Waals surface area (Å²) in [6.45, 7) is 1.96. The molecule has 1 unspecified atom stereocenters. The van der Waals surface area contributed by atoms with Crippen LogP contribution in [0.2, 0.25) is 5.02 Å². The number of halogens is 1. The lowest BCUT2D eigenvalue weighted by atomic mass is 10.1. The van der Waals surface area contributed by atoms with Crippen LogP contribution in [0.25, 0.3) is 0 Å². The minimum absolute atomic E-state index is 0.521. The lowest BCUT2D eigenvalue weighted by molar-refractivity contribution is -0.145. The number of rotatable bonds is 4. The van der Waals surface area contributed by atoms with Gasteiger partial charge in [0.1, 0.15) is 5.75 Å². The van der Waals surface area contributed by atoms with Gasteiger partial charge in [0.25, 0.3) is 0 Å². The summed E-state index contributed by atoms with van der Waals surface area (Å²) < 4.78 is 5.51. The molecule has 0 amide bonds. The van der Waals surface area contributed by atoms with Gasteiger partial charge in [-0.1, -0.05) is 41.4 Å². The summed E-state index contributed by atoms with van der Waals surface area (Å²) in [5.41, 5.74) is 1.64. The molecule has 3 nitrogen and oxygen atoms in total. The first-order chi connectivity index (χ1) is 9.06. The predicted octanol–water partition coefficient (Wildman–Crippen LogP) is 3.85. The van der Waals surface area contributed by atoms with Gasteiger partial charge < -0.3 is 9.84 Å². The van der Waals surface area contributed by atoms with E-state index in [1.54, 1.807) is 36.4 Å². The fraction of sp³-hybridized carbons (Fsp3) is 0.133. The SMILES string of the molecule is Cc1ccc(OC(C(=O)O)c2ccc(Cl)cc2)cc1. The van der Waals surface area contributed by atoms with E-state index in [-0.39, 0.29) is 0 Å². The maximum absolute atomic E-state index is 11.3. The molecule has 1 N–H and O–H groups in total. The zero-order valence-electron chi connectivity index (χ0n) is 10.3. The number of hydrogen-bond acceptors (Lipinski definition) is 2. The van der Waals surface area contributed by atoms with Crippen LogP contribution in [0.4, 0.5) is 0 Å². The summed E-state index contributed by atoms with van der Waals surface area (Å²) in [5, 5.41) is 9.81. The summed E-state index contributed by atoms with van der Waals surface area (Å²) in [6.07, 6.45) is -1.04. The molecule has 98 valence electrons. The van der Waals surface area contributed by atoms with E-state index in [2.05, 4.69) is 0 Å². The Balaban J connectivity index is 2.23. The van der Waals surface area contributed by atoms with Crippen molar-refractivity contribution in [3.63, 3.8) is 0 Å². The molecule has 2 rings (SSSR count). The molecular formula is C15H13ClO3. The largest absolute Gasteiger partial charge is 0.478 e. The fourth-order valence-electron chi connectivity index (χ4n) is 1.65. The van der Waals surface area contributed by atoms with E-state index < -0.39 is 12.1 Å². The molecule has 0 bridgehead atoms. The van der Waals surface area contributed by atoms with Gasteiger partial charge in [-0.25, -0.2) is 4.79 Å². The summed E-state index contributed by atoms with van der Waals surface area (Å²) in [6, 6.07) is 13.8. The normalized spacial score (nSPS) is 11.9. The van der Waals surface area contributed by atoms with E-state index in [0.717, 1.165) is 5.56 Å². The van der Waals surface area contributed by atoms with Gasteiger partial charge in [0.05, 0.1) is 0 Å². The molecule has 2 aromatic carbocycles. The van der Waals surface area contributed by atoms with Crippen molar-refractivity contribution >= 4 is 17.6 Å². The molecule has 0 saturated carbocycles. The molecule has 0 fully saturated rings. The quantitative estimate of drug-likeness (QED) is 0.922. The van der Waals surface area contributed by atoms with Crippen LogP contribution in [0.1, 0.15) is 17.2 Å². The molecule has 1 atom stereocenters. The van der Waals surface area contributed by atoms with Crippen LogP contribution in [-0.4, -0.2) is 11.1 Å². The average Bonchev–Trinajstić information content (AvgIpc) is 2.39. The first kappa shape index (κ1) is 13.4. The summed E-state index contributed by atoms with van der Waals surface area (Å²) in [5.74, 6) is -0.518. The maximum atomic E-state index is 11.3. The van der Waals surface area contributed by atoms with Crippen molar-refractivity contribution < 1.29 is 14.6 Å². The Bertz CT molecular complexity index is 561. The molecule has 4 heteroatoms. The van der Waals surface area contributed by atoms with Gasteiger partial charge in [-0.05, 0) is 31.2 Å². The van der Waals surface area contributed by atoms with Crippen LogP contribution < -0.4 is 4.74 Å². The van der Waals surface area contributed by atoms with Crippen LogP contribution in [0.3, 0.4) is 0 Å². The highest BCUT2D eigenvalue weighted by atomic mass is 35.5. The molecule has 19 heavy (non-hydrogen) atoms. The van der Waals surface area contributed by atoms with Gasteiger partial charge in [0, 0.05) is 10.6 Å². The first-order valence-electron chi connectivity index (χ1n) is 5.78. The summed E-state index contributed by atoms with van der Waals surface area (Å²) >= 11 is 5.79. The molecule has 0 aliphatic heterocycles. The van der Waals surface area contributed by atoms with Crippen molar-refractivity contribution in [3.8, 4) is 5.75 Å². The van der Waals surface area contributed by atoms with Crippen LogP contribution in [-0.2, 0) is 4.79 Å². The van der Waals surface area contributed by atoms with E-state index in [4.69, 9.17) is 16.3 Å². The molecule has 2 aromatic rings. The predicted molar refractivity (Wildman–Crippen MR) is 73.6 cm³/mol. The Morgan fingerprint density at radius 2 is 1.68 bits per heavy atom. The van der Waals surface area contributed by atoms with E-state index in [1.807, 2.05) is 19.1 Å². The topological polar surface area (TPSA) is 46.5 Å². The lowest BCUT2D eigenvalue weighted by Gasteiger charge is -2.15. The Kier molecular flexibility index (Phi) is 4.07. The number of aryl methyl sites for hydroxylation is 1. The van der Waals surface area contributed by atoms with Gasteiger partial charge in [-0.15, -0.1) is 0 Å². The summed E-state index contributed by atoms with van der Waals surface area (Å²) in [4.78, 5) is 11.3. The van der Waals surface area contributed by atoms with Gasteiger partial charge >= 0.3 is 5.97 Å². The molecule has 0 saturated heterocycles. The smallest absolute Gasteiger partial charge is 0.349 e. The Labute approximate surface area is 116 Å². The van der Waals surface area contributed by atoms with Gasteiger partial charge in [0.15, 0.2) is 0 Å². The second-order valence-corrected chi connectivity index (χ2v) is 4.64. The van der Waals surface area contributed by atoms with E-state index in [1.165, 1.54) is 0 Å². The minimum Gasteiger partial charge on any atom is -0.478 e. The highest BCUT2D eigenvalue weighted by Gasteiger charge is 2.21. The first-order valence-corrected chi connectivity index (χ1v) is 6.15. The number of ether oxygens (including phenoxy) is 1. The third kappa shape index (κ3) is 3.48. The van der Waals surface area contributed by atoms with Crippen LogP contribution in [0.15, 0.2) is 48.5 Å². The zero-order valence-corrected chi connectivity index (χ0v) is 11.1. The van der Waals surface area contributed by atoms with Gasteiger partial charge in [0.2, 0.25) is 6.10 Å². The van der Waals surface area contributed by atoms with Crippen molar-refractivity contribution in [2.45, 2.75) is 13.0 Å². The second-order valence-electron chi connectivity index (χ2n) is 4.20. The Morgan fingerprint density at radius 3 is 2.21 bits per heavy atom. The van der Waals surface area contributed by atoms with Gasteiger partial charge in [-0.2, -0.15) is 0 Å². The molecule has 0 aliphatic carbocycles. The van der Waals surface area contributed by atoms with E-state index in [0.29, 0.717) is 16.3 Å². The highest BCUT2D eigenvalue weighted by molar-refractivity contribution is 6.30. The maximum Gasteiger partial charge on any atom is 0.349 e. The Hall–Kier alpha value is -2.00. The molecule has 0 radical (unpaired) electrons. The molecule has 0 heterocycles. The molecule has 0 aliphatic rings. The van der Waals surface area contributed by atoms with E-state index in [9.17, 15) is 9.90 Å². The van der Waals surface area contributed by atoms with Crippen molar-refractivity contribution in [3.05, 3.63) is 64.7 Å². The molecule has 0 aromatic heterocycles. The fourth-order valence-corrected chi connectivity index (χ4v) is 1.78. The number of hydrogen-bond donors (Lipinski definition) is 1. The van der Waals surface area contributed by atoms with Crippen molar-refractivity contribution in [1.29, 1.82) is 0 Å². The van der Waals surface area contributed by atoms with Crippen molar-refractivity contribution in [2.24, 2.45) is 0 Å². The average molecular weight is 277 g/mol. The van der Waals surface area contributed by atoms with Gasteiger partial charge in [-0.3, -0.25) is 0 Å². The number of benzene rings is 2. The monoisotopic (exact) mass is 276 g/mol. The molecular weight excluding hydrogens is 264 g/mol. The molecule has 0 spiro atoms. The highest BCUT2D eigenvalue weighted by Crippen LogP contribution is 2.24. The zero-order chi connectivity index (χ0) is 13.8. The van der Waals surface area contributed by atoms with Crippen molar-refractivity contribution in [2.75, 3.05) is 0 Å². The third-order valence-corrected chi connectivity index (χ3v) is 2.92. The number of carboxylic acid groups (broad SMARTS) is 1. The Morgan fingerprint density at radius 1 is 1.11 bits per heavy atom. The number of carboxylic acids is 1. The van der Waals surface area contributed by atoms with Crippen LogP contribution in [0, 0.1) is 6.92 Å². The number of aliphatic carboxylic acids is 1. The minimum atomic E-state index is -1.04. The van der Waals surface area contributed by atoms with Crippen LogP contribution in [0.5, 0.6) is 5.75 Å². The van der Waals surface area contributed by atoms with Crippen molar-refractivity contribution in [1.82, 2.24) is 0 Å². The standard InChI is InChI=1S/C15H13ClO3/c1-10-2-8-13(9-3-10)19-14(15(17)18)11-4-6-12(16)7-5-11/h2-9,14H,1H3,(H,17,18). The second kappa shape index (κ2) is 5.76. The van der Waals surface area contributed by atoms with E-state index >= 15 is 0 Å². The summed E-state index contributed by atoms with van der Waals surface area (Å²) in [7, 11) is 0.